The minimum absolute atomic E-state index is 0.160. The van der Waals surface area contributed by atoms with Crippen molar-refractivity contribution in [2.75, 3.05) is 6.54 Å². The summed E-state index contributed by atoms with van der Waals surface area (Å²) in [4.78, 5) is 0. The van der Waals surface area contributed by atoms with Gasteiger partial charge >= 0.3 is 6.18 Å². The zero-order valence-electron chi connectivity index (χ0n) is 17.9. The Kier molecular flexibility index (Phi) is 6.03. The van der Waals surface area contributed by atoms with Gasteiger partial charge < -0.3 is 15.4 Å². The highest BCUT2D eigenvalue weighted by Gasteiger charge is 2.38. The van der Waals surface area contributed by atoms with E-state index in [-0.39, 0.29) is 23.9 Å². The molecule has 2 atom stereocenters. The monoisotopic (exact) mass is 458 g/mol. The summed E-state index contributed by atoms with van der Waals surface area (Å²) in [7, 11) is 0. The molecular formula is C23H25F3N6O. The second kappa shape index (κ2) is 9.11. The number of hydrogen-bond acceptors (Lipinski definition) is 6. The van der Waals surface area contributed by atoms with Crippen molar-refractivity contribution in [3.63, 3.8) is 0 Å². The number of aromatic nitrogens is 4. The van der Waals surface area contributed by atoms with E-state index >= 15 is 0 Å². The number of ether oxygens (including phenoxy) is 1. The highest BCUT2D eigenvalue weighted by molar-refractivity contribution is 5.44. The summed E-state index contributed by atoms with van der Waals surface area (Å²) < 4.78 is 46.7. The lowest BCUT2D eigenvalue weighted by Crippen LogP contribution is -2.45. The Labute approximate surface area is 189 Å². The number of hydrogen-bond donors (Lipinski definition) is 2. The lowest BCUT2D eigenvalue weighted by molar-refractivity contribution is -0.146. The molecule has 1 unspecified atom stereocenters. The molecule has 2 fully saturated rings. The third-order valence-electron chi connectivity index (χ3n) is 6.00. The molecule has 1 aliphatic carbocycles. The van der Waals surface area contributed by atoms with Crippen LogP contribution < -0.4 is 15.4 Å². The largest absolute Gasteiger partial charge is 0.490 e. The molecule has 0 amide bonds. The van der Waals surface area contributed by atoms with Gasteiger partial charge in [-0.25, -0.2) is 0 Å². The highest BCUT2D eigenvalue weighted by Crippen LogP contribution is 2.33. The molecule has 0 radical (unpaired) electrons. The molecule has 0 bridgehead atoms. The van der Waals surface area contributed by atoms with Crippen LogP contribution in [0.4, 0.5) is 13.2 Å². The van der Waals surface area contributed by atoms with Crippen molar-refractivity contribution in [1.29, 1.82) is 0 Å². The maximum Gasteiger partial charge on any atom is 0.453 e. The smallest absolute Gasteiger partial charge is 0.453 e. The molecule has 1 saturated carbocycles. The fraction of sp³-hybridized carbons (Fsp3) is 0.435. The number of rotatable bonds is 7. The number of tetrazole rings is 1. The van der Waals surface area contributed by atoms with Gasteiger partial charge in [0, 0.05) is 24.2 Å². The van der Waals surface area contributed by atoms with E-state index < -0.39 is 12.0 Å². The molecule has 0 spiro atoms. The Hall–Kier alpha value is -2.98. The van der Waals surface area contributed by atoms with Crippen molar-refractivity contribution in [1.82, 2.24) is 30.8 Å². The summed E-state index contributed by atoms with van der Waals surface area (Å²) in [6.07, 6.45) is -0.462. The van der Waals surface area contributed by atoms with Crippen LogP contribution in [0, 0.1) is 0 Å². The average molecular weight is 458 g/mol. The second-order valence-electron chi connectivity index (χ2n) is 8.49. The zero-order chi connectivity index (χ0) is 22.8. The summed E-state index contributed by atoms with van der Waals surface area (Å²) >= 11 is 0. The molecule has 33 heavy (non-hydrogen) atoms. The Bertz CT molecular complexity index is 1080. The van der Waals surface area contributed by atoms with E-state index in [1.807, 2.05) is 18.2 Å². The quantitative estimate of drug-likeness (QED) is 0.561. The fourth-order valence-corrected chi connectivity index (χ4v) is 4.21. The van der Waals surface area contributed by atoms with Gasteiger partial charge in [-0.2, -0.15) is 17.9 Å². The van der Waals surface area contributed by atoms with Gasteiger partial charge in [-0.1, -0.05) is 30.3 Å². The topological polar surface area (TPSA) is 76.9 Å². The molecule has 3 aromatic rings. The van der Waals surface area contributed by atoms with Crippen molar-refractivity contribution in [3.05, 3.63) is 65.5 Å². The molecule has 174 valence electrons. The molecule has 10 heteroatoms. The number of piperidine rings is 1. The maximum atomic E-state index is 13.3. The standard InChI is InChI=1S/C23H25F3N6O/c24-23(25,26)22-29-30-31-32(22)17-8-11-20(33-18-9-10-18)16(13-17)14-28-19-7-4-12-27-21(19)15-5-2-1-3-6-15/h1-3,5-6,8,11,13,18-19,21,27-28H,4,7,9-10,12,14H2/t19?,21-/m0/s1. The Morgan fingerprint density at radius 2 is 1.91 bits per heavy atom. The summed E-state index contributed by atoms with van der Waals surface area (Å²) in [6.45, 7) is 1.40. The maximum absolute atomic E-state index is 13.3. The van der Waals surface area contributed by atoms with E-state index in [2.05, 4.69) is 38.3 Å². The third-order valence-corrected chi connectivity index (χ3v) is 6.00. The molecule has 2 N–H and O–H groups in total. The van der Waals surface area contributed by atoms with Crippen LogP contribution in [-0.4, -0.2) is 38.9 Å². The molecule has 2 heterocycles. The van der Waals surface area contributed by atoms with E-state index in [9.17, 15) is 13.2 Å². The van der Waals surface area contributed by atoms with Gasteiger partial charge in [-0.3, -0.25) is 0 Å². The van der Waals surface area contributed by atoms with Crippen molar-refractivity contribution in [3.8, 4) is 11.4 Å². The summed E-state index contributed by atoms with van der Waals surface area (Å²) in [5.41, 5.74) is 2.23. The van der Waals surface area contributed by atoms with E-state index in [1.54, 1.807) is 18.2 Å². The van der Waals surface area contributed by atoms with Crippen LogP contribution in [0.15, 0.2) is 48.5 Å². The van der Waals surface area contributed by atoms with Crippen LogP contribution in [-0.2, 0) is 12.7 Å². The first-order valence-corrected chi connectivity index (χ1v) is 11.2. The van der Waals surface area contributed by atoms with Crippen LogP contribution in [0.1, 0.15) is 48.7 Å². The van der Waals surface area contributed by atoms with Gasteiger partial charge in [0.25, 0.3) is 5.82 Å². The minimum atomic E-state index is -4.65. The Balaban J connectivity index is 1.40. The molecule has 5 rings (SSSR count). The number of halogens is 3. The van der Waals surface area contributed by atoms with Crippen molar-refractivity contribution < 1.29 is 17.9 Å². The first-order valence-electron chi connectivity index (χ1n) is 11.2. The van der Waals surface area contributed by atoms with Crippen LogP contribution in [0.2, 0.25) is 0 Å². The van der Waals surface area contributed by atoms with E-state index in [0.717, 1.165) is 42.5 Å². The Morgan fingerprint density at radius 1 is 1.09 bits per heavy atom. The molecule has 7 nitrogen and oxygen atoms in total. The second-order valence-corrected chi connectivity index (χ2v) is 8.49. The first-order chi connectivity index (χ1) is 16.0. The van der Waals surface area contributed by atoms with Crippen molar-refractivity contribution >= 4 is 0 Å². The molecule has 1 aliphatic heterocycles. The number of nitrogens with one attached hydrogen (secondary N) is 2. The van der Waals surface area contributed by atoms with Crippen molar-refractivity contribution in [2.45, 2.75) is 56.6 Å². The average Bonchev–Trinajstić information content (AvgIpc) is 3.49. The van der Waals surface area contributed by atoms with Crippen LogP contribution in [0.3, 0.4) is 0 Å². The predicted octanol–water partition coefficient (Wildman–Crippen LogP) is 3.81. The minimum Gasteiger partial charge on any atom is -0.490 e. The third kappa shape index (κ3) is 5.01. The molecular weight excluding hydrogens is 433 g/mol. The summed E-state index contributed by atoms with van der Waals surface area (Å²) in [5.74, 6) is -0.478. The normalized spacial score (nSPS) is 21.2. The molecule has 1 saturated heterocycles. The Morgan fingerprint density at radius 3 is 2.67 bits per heavy atom. The van der Waals surface area contributed by atoms with Crippen LogP contribution >= 0.6 is 0 Å². The van der Waals surface area contributed by atoms with Gasteiger partial charge in [-0.15, -0.1) is 5.10 Å². The molecule has 2 aromatic carbocycles. The van der Waals surface area contributed by atoms with E-state index in [4.69, 9.17) is 4.74 Å². The molecule has 1 aromatic heterocycles. The van der Waals surface area contributed by atoms with Gasteiger partial charge in [-0.05, 0) is 66.4 Å². The summed E-state index contributed by atoms with van der Waals surface area (Å²) in [5, 5.41) is 17.1. The zero-order valence-corrected chi connectivity index (χ0v) is 17.9. The van der Waals surface area contributed by atoms with E-state index in [0.29, 0.717) is 12.3 Å². The lowest BCUT2D eigenvalue weighted by Gasteiger charge is -2.34. The number of alkyl halides is 3. The SMILES string of the molecule is FC(F)(F)c1nnnn1-c1ccc(OC2CC2)c(CNC2CCCN[C@H]2c2ccccc2)c1. The predicted molar refractivity (Wildman–Crippen MR) is 115 cm³/mol. The van der Waals surface area contributed by atoms with E-state index in [1.165, 1.54) is 5.56 Å². The number of nitrogens with zero attached hydrogens (tertiary/aromatic N) is 4. The van der Waals surface area contributed by atoms with Crippen LogP contribution in [0.5, 0.6) is 5.75 Å². The first kappa shape index (κ1) is 21.8. The van der Waals surface area contributed by atoms with Gasteiger partial charge in [0.1, 0.15) is 5.75 Å². The lowest BCUT2D eigenvalue weighted by atomic mass is 9.92. The molecule has 2 aliphatic rings. The summed E-state index contributed by atoms with van der Waals surface area (Å²) in [6, 6.07) is 15.5. The van der Waals surface area contributed by atoms with Crippen LogP contribution in [0.25, 0.3) is 5.69 Å². The van der Waals surface area contributed by atoms with Gasteiger partial charge in [0.05, 0.1) is 11.8 Å². The van der Waals surface area contributed by atoms with Crippen molar-refractivity contribution in [2.24, 2.45) is 0 Å². The number of benzene rings is 2. The highest BCUT2D eigenvalue weighted by atomic mass is 19.4. The fourth-order valence-electron chi connectivity index (χ4n) is 4.21. The van der Waals surface area contributed by atoms with Gasteiger partial charge in [0.15, 0.2) is 0 Å². The van der Waals surface area contributed by atoms with Gasteiger partial charge in [0.2, 0.25) is 0 Å².